The molecule has 0 radical (unpaired) electrons. The summed E-state index contributed by atoms with van der Waals surface area (Å²) < 4.78 is 13.6. The number of hydrogen-bond donors (Lipinski definition) is 0. The Bertz CT molecular complexity index is 446. The van der Waals surface area contributed by atoms with Crippen LogP contribution in [-0.2, 0) is 4.79 Å². The molecule has 1 aromatic carbocycles. The van der Waals surface area contributed by atoms with Crippen molar-refractivity contribution in [1.82, 2.24) is 0 Å². The van der Waals surface area contributed by atoms with E-state index in [1.807, 2.05) is 0 Å². The Hall–Kier alpha value is -0.930. The Morgan fingerprint density at radius 3 is 2.59 bits per heavy atom. The van der Waals surface area contributed by atoms with Gasteiger partial charge in [0.1, 0.15) is 0 Å². The third kappa shape index (κ3) is 3.51. The fourth-order valence-electron chi connectivity index (χ4n) is 1.34. The summed E-state index contributed by atoms with van der Waals surface area (Å²) in [6.07, 6.45) is -1.63. The normalized spacial score (nSPS) is 12.2. The van der Waals surface area contributed by atoms with Crippen LogP contribution in [0.3, 0.4) is 0 Å². The fraction of sp³-hybridized carbons (Fsp3) is 0.333. The SMILES string of the molecule is CCCC(=O)C(F)C(=O)c1cc(Cl)ccc1Cl. The number of carbonyl (C=O) groups excluding carboxylic acids is 2. The third-order valence-electron chi connectivity index (χ3n) is 2.20. The monoisotopic (exact) mass is 276 g/mol. The topological polar surface area (TPSA) is 34.1 Å². The zero-order valence-corrected chi connectivity index (χ0v) is 10.7. The lowest BCUT2D eigenvalue weighted by molar-refractivity contribution is -0.122. The maximum atomic E-state index is 13.6. The van der Waals surface area contributed by atoms with Crippen LogP contribution in [0.2, 0.25) is 10.0 Å². The van der Waals surface area contributed by atoms with Gasteiger partial charge in [0, 0.05) is 17.0 Å². The van der Waals surface area contributed by atoms with E-state index in [0.717, 1.165) is 0 Å². The lowest BCUT2D eigenvalue weighted by Crippen LogP contribution is -2.25. The number of alkyl halides is 1. The summed E-state index contributed by atoms with van der Waals surface area (Å²) in [5.41, 5.74) is -0.0591. The van der Waals surface area contributed by atoms with E-state index in [9.17, 15) is 14.0 Å². The van der Waals surface area contributed by atoms with Gasteiger partial charge in [-0.05, 0) is 24.6 Å². The van der Waals surface area contributed by atoms with Crippen molar-refractivity contribution >= 4 is 34.8 Å². The molecule has 1 aromatic rings. The van der Waals surface area contributed by atoms with Crippen molar-refractivity contribution in [2.24, 2.45) is 0 Å². The van der Waals surface area contributed by atoms with E-state index >= 15 is 0 Å². The molecule has 0 fully saturated rings. The van der Waals surface area contributed by atoms with Gasteiger partial charge in [-0.3, -0.25) is 9.59 Å². The highest BCUT2D eigenvalue weighted by molar-refractivity contribution is 6.36. The standard InChI is InChI=1S/C12H11Cl2FO2/c1-2-3-10(16)11(15)12(17)8-6-7(13)4-5-9(8)14/h4-6,11H,2-3H2,1H3. The van der Waals surface area contributed by atoms with Gasteiger partial charge in [-0.25, -0.2) is 4.39 Å². The average Bonchev–Trinajstić information content (AvgIpc) is 2.30. The predicted molar refractivity (Wildman–Crippen MR) is 65.6 cm³/mol. The quantitative estimate of drug-likeness (QED) is 0.604. The molecule has 5 heteroatoms. The highest BCUT2D eigenvalue weighted by Gasteiger charge is 2.27. The number of halogens is 3. The lowest BCUT2D eigenvalue weighted by atomic mass is 10.0. The van der Waals surface area contributed by atoms with Gasteiger partial charge in [-0.2, -0.15) is 0 Å². The van der Waals surface area contributed by atoms with Crippen LogP contribution in [0.15, 0.2) is 18.2 Å². The Balaban J connectivity index is 2.96. The molecule has 17 heavy (non-hydrogen) atoms. The van der Waals surface area contributed by atoms with E-state index in [0.29, 0.717) is 6.42 Å². The minimum absolute atomic E-state index is 0.0328. The van der Waals surface area contributed by atoms with Crippen molar-refractivity contribution in [2.45, 2.75) is 25.9 Å². The molecule has 1 atom stereocenters. The Kier molecular flexibility index (Phi) is 5.09. The second-order valence-electron chi connectivity index (χ2n) is 3.57. The molecule has 92 valence electrons. The first kappa shape index (κ1) is 14.1. The van der Waals surface area contributed by atoms with Crippen molar-refractivity contribution in [3.05, 3.63) is 33.8 Å². The molecule has 0 saturated carbocycles. The first-order valence-electron chi connectivity index (χ1n) is 5.13. The lowest BCUT2D eigenvalue weighted by Gasteiger charge is -2.07. The number of Topliss-reactive ketones (excluding diaryl/α,β-unsaturated/α-hetero) is 2. The Morgan fingerprint density at radius 1 is 1.35 bits per heavy atom. The molecule has 0 aromatic heterocycles. The molecule has 0 spiro atoms. The van der Waals surface area contributed by atoms with Crippen LogP contribution >= 0.6 is 23.2 Å². The second kappa shape index (κ2) is 6.12. The predicted octanol–water partition coefficient (Wildman–Crippen LogP) is 3.88. The molecular formula is C12H11Cl2FO2. The van der Waals surface area contributed by atoms with Gasteiger partial charge in [-0.15, -0.1) is 0 Å². The molecule has 0 aliphatic heterocycles. The summed E-state index contributed by atoms with van der Waals surface area (Å²) in [5, 5.41) is 0.360. The average molecular weight is 277 g/mol. The van der Waals surface area contributed by atoms with Crippen LogP contribution in [0.25, 0.3) is 0 Å². The number of ketones is 2. The van der Waals surface area contributed by atoms with Crippen LogP contribution in [0, 0.1) is 0 Å². The molecule has 1 rings (SSSR count). The van der Waals surface area contributed by atoms with Crippen LogP contribution in [0.5, 0.6) is 0 Å². The maximum absolute atomic E-state index is 13.6. The summed E-state index contributed by atoms with van der Waals surface area (Å²) in [4.78, 5) is 23.0. The third-order valence-corrected chi connectivity index (χ3v) is 2.77. The highest BCUT2D eigenvalue weighted by Crippen LogP contribution is 2.23. The van der Waals surface area contributed by atoms with E-state index in [1.165, 1.54) is 18.2 Å². The zero-order valence-electron chi connectivity index (χ0n) is 9.17. The van der Waals surface area contributed by atoms with E-state index in [1.54, 1.807) is 6.92 Å². The molecule has 0 bridgehead atoms. The largest absolute Gasteiger partial charge is 0.296 e. The van der Waals surface area contributed by atoms with Crippen molar-refractivity contribution in [1.29, 1.82) is 0 Å². The molecule has 0 amide bonds. The molecule has 0 aliphatic carbocycles. The number of rotatable bonds is 5. The first-order valence-corrected chi connectivity index (χ1v) is 5.89. The minimum Gasteiger partial charge on any atom is -0.296 e. The number of carbonyl (C=O) groups is 2. The van der Waals surface area contributed by atoms with E-state index in [-0.39, 0.29) is 22.0 Å². The highest BCUT2D eigenvalue weighted by atomic mass is 35.5. The van der Waals surface area contributed by atoms with Gasteiger partial charge >= 0.3 is 0 Å². The van der Waals surface area contributed by atoms with Crippen molar-refractivity contribution in [2.75, 3.05) is 0 Å². The van der Waals surface area contributed by atoms with Crippen LogP contribution in [-0.4, -0.2) is 17.7 Å². The fourth-order valence-corrected chi connectivity index (χ4v) is 1.72. The Labute approximate surface area is 109 Å². The molecule has 0 heterocycles. The summed E-state index contributed by atoms with van der Waals surface area (Å²) >= 11 is 11.4. The molecule has 2 nitrogen and oxygen atoms in total. The van der Waals surface area contributed by atoms with Crippen LogP contribution in [0.4, 0.5) is 4.39 Å². The number of benzene rings is 1. The van der Waals surface area contributed by atoms with E-state index in [2.05, 4.69) is 0 Å². The van der Waals surface area contributed by atoms with Gasteiger partial charge in [0.05, 0.1) is 5.02 Å². The van der Waals surface area contributed by atoms with Crippen molar-refractivity contribution < 1.29 is 14.0 Å². The van der Waals surface area contributed by atoms with Gasteiger partial charge in [0.25, 0.3) is 0 Å². The van der Waals surface area contributed by atoms with Crippen LogP contribution < -0.4 is 0 Å². The van der Waals surface area contributed by atoms with Gasteiger partial charge in [0.15, 0.2) is 5.78 Å². The van der Waals surface area contributed by atoms with Gasteiger partial charge in [0.2, 0.25) is 12.0 Å². The second-order valence-corrected chi connectivity index (χ2v) is 4.41. The van der Waals surface area contributed by atoms with Gasteiger partial charge in [-0.1, -0.05) is 30.1 Å². The maximum Gasteiger partial charge on any atom is 0.220 e. The molecule has 0 aliphatic rings. The van der Waals surface area contributed by atoms with Crippen molar-refractivity contribution in [3.8, 4) is 0 Å². The Morgan fingerprint density at radius 2 is 2.00 bits per heavy atom. The van der Waals surface area contributed by atoms with Gasteiger partial charge < -0.3 is 0 Å². The minimum atomic E-state index is -2.16. The summed E-state index contributed by atoms with van der Waals surface area (Å²) in [6, 6.07) is 4.15. The smallest absolute Gasteiger partial charge is 0.220 e. The van der Waals surface area contributed by atoms with Crippen LogP contribution in [0.1, 0.15) is 30.1 Å². The number of hydrogen-bond acceptors (Lipinski definition) is 2. The summed E-state index contributed by atoms with van der Waals surface area (Å²) in [6.45, 7) is 1.74. The summed E-state index contributed by atoms with van der Waals surface area (Å²) in [5.74, 6) is -1.66. The molecule has 1 unspecified atom stereocenters. The molecule has 0 N–H and O–H groups in total. The molecule has 0 saturated heterocycles. The zero-order chi connectivity index (χ0) is 13.0. The molecular weight excluding hydrogens is 266 g/mol. The first-order chi connectivity index (χ1) is 7.97. The van der Waals surface area contributed by atoms with E-state index < -0.39 is 17.7 Å². The van der Waals surface area contributed by atoms with Crippen molar-refractivity contribution in [3.63, 3.8) is 0 Å². The summed E-state index contributed by atoms with van der Waals surface area (Å²) in [7, 11) is 0. The van der Waals surface area contributed by atoms with E-state index in [4.69, 9.17) is 23.2 Å².